The first kappa shape index (κ1) is 13.6. The molecule has 0 unspecified atom stereocenters. The molecule has 1 saturated heterocycles. The van der Waals surface area contributed by atoms with E-state index in [1.54, 1.807) is 6.20 Å². The number of nitrogens with zero attached hydrogens (tertiary/aromatic N) is 5. The fourth-order valence-electron chi connectivity index (χ4n) is 2.98. The summed E-state index contributed by atoms with van der Waals surface area (Å²) >= 11 is 6.04. The molecule has 1 fully saturated rings. The highest BCUT2D eigenvalue weighted by Gasteiger charge is 2.21. The summed E-state index contributed by atoms with van der Waals surface area (Å²) in [6.45, 7) is 6.48. The molecule has 1 aliphatic rings. The Hall–Kier alpha value is -1.40. The van der Waals surface area contributed by atoms with E-state index < -0.39 is 0 Å². The van der Waals surface area contributed by atoms with Crippen molar-refractivity contribution in [3.05, 3.63) is 11.3 Å². The van der Waals surface area contributed by atoms with Gasteiger partial charge in [-0.2, -0.15) is 5.10 Å². The van der Waals surface area contributed by atoms with E-state index in [2.05, 4.69) is 27.1 Å². The molecular formula is C13H19ClN6. The number of halogens is 1. The average molecular weight is 295 g/mol. The Bertz CT molecular complexity index is 610. The Balaban J connectivity index is 1.86. The number of likely N-dealkylation sites (tertiary alicyclic amines) is 1. The predicted octanol–water partition coefficient (Wildman–Crippen LogP) is 1.79. The normalized spacial score (nSPS) is 20.6. The van der Waals surface area contributed by atoms with E-state index in [0.717, 1.165) is 30.5 Å². The zero-order chi connectivity index (χ0) is 14.1. The summed E-state index contributed by atoms with van der Waals surface area (Å²) in [6, 6.07) is 0. The van der Waals surface area contributed by atoms with Crippen LogP contribution < -0.4 is 5.73 Å². The topological polar surface area (TPSA) is 72.9 Å². The highest BCUT2D eigenvalue weighted by molar-refractivity contribution is 6.34. The number of rotatable bonds is 3. The van der Waals surface area contributed by atoms with Crippen molar-refractivity contribution in [1.82, 2.24) is 24.9 Å². The van der Waals surface area contributed by atoms with Crippen molar-refractivity contribution in [1.29, 1.82) is 0 Å². The zero-order valence-corrected chi connectivity index (χ0v) is 12.3. The zero-order valence-electron chi connectivity index (χ0n) is 11.6. The lowest BCUT2D eigenvalue weighted by atomic mass is 9.98. The summed E-state index contributed by atoms with van der Waals surface area (Å²) in [5.41, 5.74) is 6.73. The van der Waals surface area contributed by atoms with E-state index in [-0.39, 0.29) is 0 Å². The lowest BCUT2D eigenvalue weighted by Crippen LogP contribution is -2.36. The van der Waals surface area contributed by atoms with E-state index in [9.17, 15) is 0 Å². The van der Waals surface area contributed by atoms with Crippen LogP contribution in [0.4, 0.5) is 5.82 Å². The van der Waals surface area contributed by atoms with Crippen molar-refractivity contribution in [2.24, 2.45) is 5.92 Å². The molecule has 1 atom stereocenters. The summed E-state index contributed by atoms with van der Waals surface area (Å²) in [5.74, 6) is 0.989. The Morgan fingerprint density at radius 2 is 2.30 bits per heavy atom. The number of hydrogen-bond acceptors (Lipinski definition) is 5. The number of nitrogen functional groups attached to an aromatic ring is 1. The van der Waals surface area contributed by atoms with Crippen molar-refractivity contribution in [2.45, 2.75) is 26.3 Å². The summed E-state index contributed by atoms with van der Waals surface area (Å²) in [5, 5.41) is 13.3. The maximum atomic E-state index is 6.04. The van der Waals surface area contributed by atoms with Gasteiger partial charge < -0.3 is 10.6 Å². The van der Waals surface area contributed by atoms with Crippen LogP contribution in [0.25, 0.3) is 10.9 Å². The summed E-state index contributed by atoms with van der Waals surface area (Å²) in [7, 11) is 0. The molecule has 0 aliphatic carbocycles. The lowest BCUT2D eigenvalue weighted by molar-refractivity contribution is 0.168. The highest BCUT2D eigenvalue weighted by Crippen LogP contribution is 2.26. The molecule has 7 heteroatoms. The molecule has 3 heterocycles. The molecule has 2 aromatic rings. The quantitative estimate of drug-likeness (QED) is 0.934. The first-order valence-electron chi connectivity index (χ1n) is 7.04. The van der Waals surface area contributed by atoms with Gasteiger partial charge in [0.05, 0.1) is 11.6 Å². The van der Waals surface area contributed by atoms with E-state index >= 15 is 0 Å². The molecule has 0 aromatic carbocycles. The maximum absolute atomic E-state index is 6.04. The van der Waals surface area contributed by atoms with Crippen molar-refractivity contribution >= 4 is 28.3 Å². The van der Waals surface area contributed by atoms with Crippen molar-refractivity contribution in [3.63, 3.8) is 0 Å². The van der Waals surface area contributed by atoms with Gasteiger partial charge in [0.25, 0.3) is 0 Å². The van der Waals surface area contributed by atoms with E-state index in [1.807, 2.05) is 4.68 Å². The molecule has 1 aliphatic heterocycles. The molecule has 2 N–H and O–H groups in total. The van der Waals surface area contributed by atoms with Gasteiger partial charge in [-0.05, 0) is 31.8 Å². The first-order chi connectivity index (χ1) is 9.69. The van der Waals surface area contributed by atoms with Crippen LogP contribution in [0.5, 0.6) is 0 Å². The minimum absolute atomic E-state index is 0.360. The molecule has 6 nitrogen and oxygen atoms in total. The van der Waals surface area contributed by atoms with Crippen LogP contribution in [0, 0.1) is 5.92 Å². The van der Waals surface area contributed by atoms with Gasteiger partial charge >= 0.3 is 0 Å². The SMILES string of the molecule is CCN1CCC[C@H](Cn2ncc3c(Cl)nnc(N)c32)C1. The summed E-state index contributed by atoms with van der Waals surface area (Å²) < 4.78 is 1.93. The predicted molar refractivity (Wildman–Crippen MR) is 79.6 cm³/mol. The number of anilines is 1. The van der Waals surface area contributed by atoms with Gasteiger partial charge in [0.15, 0.2) is 11.0 Å². The fraction of sp³-hybridized carbons (Fsp3) is 0.615. The third-order valence-corrected chi connectivity index (χ3v) is 4.31. The number of aromatic nitrogens is 4. The molecule has 0 radical (unpaired) electrons. The maximum Gasteiger partial charge on any atom is 0.172 e. The van der Waals surface area contributed by atoms with E-state index in [1.165, 1.54) is 19.4 Å². The number of nitrogens with two attached hydrogens (primary N) is 1. The van der Waals surface area contributed by atoms with Crippen molar-refractivity contribution < 1.29 is 0 Å². The second kappa shape index (κ2) is 5.54. The Labute approximate surface area is 122 Å². The third-order valence-electron chi connectivity index (χ3n) is 4.03. The number of fused-ring (bicyclic) bond motifs is 1. The largest absolute Gasteiger partial charge is 0.380 e. The molecule has 0 bridgehead atoms. The highest BCUT2D eigenvalue weighted by atomic mass is 35.5. The van der Waals surface area contributed by atoms with Gasteiger partial charge in [0.1, 0.15) is 5.52 Å². The lowest BCUT2D eigenvalue weighted by Gasteiger charge is -2.31. The molecule has 3 rings (SSSR count). The monoisotopic (exact) mass is 294 g/mol. The second-order valence-corrected chi connectivity index (χ2v) is 5.72. The number of hydrogen-bond donors (Lipinski definition) is 1. The standard InChI is InChI=1S/C13H19ClN6/c1-2-19-5-3-4-9(7-19)8-20-11-10(6-16-20)12(14)17-18-13(11)15/h6,9H,2-5,7-8H2,1H3,(H2,15,18)/t9-/m0/s1. The Morgan fingerprint density at radius 1 is 1.45 bits per heavy atom. The van der Waals surface area contributed by atoms with Crippen LogP contribution in [0.2, 0.25) is 5.15 Å². The van der Waals surface area contributed by atoms with Crippen LogP contribution in [0.1, 0.15) is 19.8 Å². The Kier molecular flexibility index (Phi) is 3.76. The molecule has 20 heavy (non-hydrogen) atoms. The van der Waals surface area contributed by atoms with Gasteiger partial charge in [-0.25, -0.2) is 0 Å². The minimum atomic E-state index is 0.360. The summed E-state index contributed by atoms with van der Waals surface area (Å²) in [4.78, 5) is 2.48. The van der Waals surface area contributed by atoms with Crippen LogP contribution in [-0.2, 0) is 6.54 Å². The van der Waals surface area contributed by atoms with Crippen LogP contribution in [0.15, 0.2) is 6.20 Å². The van der Waals surface area contributed by atoms with Gasteiger partial charge in [0, 0.05) is 13.1 Å². The molecule has 2 aromatic heterocycles. The van der Waals surface area contributed by atoms with Crippen molar-refractivity contribution in [3.8, 4) is 0 Å². The second-order valence-electron chi connectivity index (χ2n) is 5.37. The van der Waals surface area contributed by atoms with Crippen LogP contribution >= 0.6 is 11.6 Å². The number of piperidine rings is 1. The third kappa shape index (κ3) is 2.45. The van der Waals surface area contributed by atoms with Crippen molar-refractivity contribution in [2.75, 3.05) is 25.4 Å². The first-order valence-corrected chi connectivity index (χ1v) is 7.42. The molecule has 0 amide bonds. The van der Waals surface area contributed by atoms with Crippen LogP contribution in [0.3, 0.4) is 0 Å². The van der Waals surface area contributed by atoms with Gasteiger partial charge in [-0.3, -0.25) is 4.68 Å². The smallest absolute Gasteiger partial charge is 0.172 e. The minimum Gasteiger partial charge on any atom is -0.380 e. The summed E-state index contributed by atoms with van der Waals surface area (Å²) in [6.07, 6.45) is 4.20. The van der Waals surface area contributed by atoms with Gasteiger partial charge in [-0.15, -0.1) is 10.2 Å². The van der Waals surface area contributed by atoms with E-state index in [4.69, 9.17) is 17.3 Å². The average Bonchev–Trinajstić information content (AvgIpc) is 2.88. The molecular weight excluding hydrogens is 276 g/mol. The molecule has 108 valence electrons. The van der Waals surface area contributed by atoms with Crippen LogP contribution in [-0.4, -0.2) is 44.5 Å². The van der Waals surface area contributed by atoms with Gasteiger partial charge in [0.2, 0.25) is 0 Å². The fourth-order valence-corrected chi connectivity index (χ4v) is 3.15. The Morgan fingerprint density at radius 3 is 3.10 bits per heavy atom. The molecule has 0 saturated carbocycles. The molecule has 0 spiro atoms. The van der Waals surface area contributed by atoms with Gasteiger partial charge in [-0.1, -0.05) is 18.5 Å². The van der Waals surface area contributed by atoms with E-state index in [0.29, 0.717) is 16.9 Å².